The second kappa shape index (κ2) is 7.36. The fraction of sp³-hybridized carbons (Fsp3) is 0.846. The maximum atomic E-state index is 11.7. The van der Waals surface area contributed by atoms with Gasteiger partial charge in [-0.1, -0.05) is 13.8 Å². The number of carboxylic acids is 1. The summed E-state index contributed by atoms with van der Waals surface area (Å²) in [6, 6.07) is -0.766. The van der Waals surface area contributed by atoms with E-state index in [1.165, 1.54) is 0 Å². The van der Waals surface area contributed by atoms with Crippen LogP contribution in [0.3, 0.4) is 0 Å². The minimum absolute atomic E-state index is 0.171. The molecule has 0 radical (unpaired) electrons. The number of carbonyl (C=O) groups is 2. The molecule has 5 heteroatoms. The number of hydrogen-bond acceptors (Lipinski definition) is 3. The molecular formula is C13H23NO4. The van der Waals surface area contributed by atoms with Crippen LogP contribution in [0.15, 0.2) is 0 Å². The lowest BCUT2D eigenvalue weighted by molar-refractivity contribution is -0.142. The normalized spacial score (nSPS) is 20.9. The van der Waals surface area contributed by atoms with Crippen LogP contribution in [0.2, 0.25) is 0 Å². The molecule has 1 saturated heterocycles. The second-order valence-corrected chi connectivity index (χ2v) is 5.36. The maximum absolute atomic E-state index is 11.7. The highest BCUT2D eigenvalue weighted by atomic mass is 16.5. The van der Waals surface area contributed by atoms with Gasteiger partial charge in [-0.05, 0) is 31.1 Å². The molecule has 0 spiro atoms. The molecule has 0 aromatic rings. The Hall–Kier alpha value is -1.10. The largest absolute Gasteiger partial charge is 0.480 e. The molecule has 1 fully saturated rings. The molecule has 1 amide bonds. The van der Waals surface area contributed by atoms with E-state index < -0.39 is 12.0 Å². The monoisotopic (exact) mass is 257 g/mol. The molecule has 1 heterocycles. The van der Waals surface area contributed by atoms with E-state index in [2.05, 4.69) is 5.32 Å². The first kappa shape index (κ1) is 15.0. The summed E-state index contributed by atoms with van der Waals surface area (Å²) in [6.07, 6.45) is 2.63. The predicted octanol–water partition coefficient (Wildman–Crippen LogP) is 1.42. The van der Waals surface area contributed by atoms with Crippen LogP contribution in [0.25, 0.3) is 0 Å². The molecular weight excluding hydrogens is 234 g/mol. The van der Waals surface area contributed by atoms with Gasteiger partial charge in [0.15, 0.2) is 0 Å². The van der Waals surface area contributed by atoms with Crippen molar-refractivity contribution < 1.29 is 19.4 Å². The van der Waals surface area contributed by atoms with Crippen molar-refractivity contribution in [1.29, 1.82) is 0 Å². The van der Waals surface area contributed by atoms with E-state index in [1.807, 2.05) is 13.8 Å². The van der Waals surface area contributed by atoms with Crippen molar-refractivity contribution in [2.45, 2.75) is 45.6 Å². The number of ether oxygens (including phenoxy) is 1. The lowest BCUT2D eigenvalue weighted by atomic mass is 10.0. The third-order valence-corrected chi connectivity index (χ3v) is 3.14. The number of rotatable bonds is 7. The summed E-state index contributed by atoms with van der Waals surface area (Å²) in [4.78, 5) is 22.7. The maximum Gasteiger partial charge on any atom is 0.326 e. The molecule has 1 rings (SSSR count). The van der Waals surface area contributed by atoms with Crippen molar-refractivity contribution in [3.05, 3.63) is 0 Å². The summed E-state index contributed by atoms with van der Waals surface area (Å²) in [6.45, 7) is 5.38. The van der Waals surface area contributed by atoms with Crippen molar-refractivity contribution in [3.8, 4) is 0 Å². The van der Waals surface area contributed by atoms with Crippen molar-refractivity contribution in [2.24, 2.45) is 11.8 Å². The molecule has 1 aliphatic rings. The fourth-order valence-corrected chi connectivity index (χ4v) is 2.11. The van der Waals surface area contributed by atoms with E-state index in [4.69, 9.17) is 9.84 Å². The van der Waals surface area contributed by atoms with Crippen molar-refractivity contribution >= 4 is 11.9 Å². The third kappa shape index (κ3) is 5.49. The molecule has 0 bridgehead atoms. The first-order chi connectivity index (χ1) is 8.49. The zero-order valence-electron chi connectivity index (χ0n) is 11.1. The number of aliphatic carboxylic acids is 1. The van der Waals surface area contributed by atoms with Crippen LogP contribution < -0.4 is 5.32 Å². The van der Waals surface area contributed by atoms with Crippen LogP contribution in [0, 0.1) is 11.8 Å². The SMILES string of the molecule is CC(C)C[C@@H](NC(=O)CCC1CCOC1)C(=O)O. The highest BCUT2D eigenvalue weighted by Crippen LogP contribution is 2.17. The average Bonchev–Trinajstić information content (AvgIpc) is 2.77. The third-order valence-electron chi connectivity index (χ3n) is 3.14. The van der Waals surface area contributed by atoms with Gasteiger partial charge in [-0.3, -0.25) is 4.79 Å². The molecule has 0 aliphatic carbocycles. The van der Waals surface area contributed by atoms with E-state index in [-0.39, 0.29) is 11.8 Å². The lowest BCUT2D eigenvalue weighted by Gasteiger charge is -2.17. The molecule has 2 N–H and O–H groups in total. The zero-order chi connectivity index (χ0) is 13.5. The molecule has 1 aliphatic heterocycles. The first-order valence-corrected chi connectivity index (χ1v) is 6.59. The summed E-state index contributed by atoms with van der Waals surface area (Å²) in [5.41, 5.74) is 0. The van der Waals surface area contributed by atoms with Crippen molar-refractivity contribution in [1.82, 2.24) is 5.32 Å². The second-order valence-electron chi connectivity index (χ2n) is 5.36. The van der Waals surface area contributed by atoms with Gasteiger partial charge in [-0.15, -0.1) is 0 Å². The van der Waals surface area contributed by atoms with Crippen molar-refractivity contribution in [2.75, 3.05) is 13.2 Å². The van der Waals surface area contributed by atoms with Crippen molar-refractivity contribution in [3.63, 3.8) is 0 Å². The Morgan fingerprint density at radius 3 is 2.67 bits per heavy atom. The Kier molecular flexibility index (Phi) is 6.12. The van der Waals surface area contributed by atoms with Crippen LogP contribution in [0.1, 0.15) is 39.5 Å². The molecule has 0 aromatic heterocycles. The summed E-state index contributed by atoms with van der Waals surface area (Å²) >= 11 is 0. The van der Waals surface area contributed by atoms with Gasteiger partial charge in [0.05, 0.1) is 0 Å². The van der Waals surface area contributed by atoms with Gasteiger partial charge in [0.1, 0.15) is 6.04 Å². The summed E-state index contributed by atoms with van der Waals surface area (Å²) in [7, 11) is 0. The predicted molar refractivity (Wildman–Crippen MR) is 67.2 cm³/mol. The number of hydrogen-bond donors (Lipinski definition) is 2. The molecule has 104 valence electrons. The zero-order valence-corrected chi connectivity index (χ0v) is 11.1. The number of nitrogens with one attached hydrogen (secondary N) is 1. The van der Waals surface area contributed by atoms with Crippen LogP contribution in [0.4, 0.5) is 0 Å². The molecule has 0 saturated carbocycles. The fourth-order valence-electron chi connectivity index (χ4n) is 2.11. The van der Waals surface area contributed by atoms with Gasteiger partial charge in [0, 0.05) is 19.6 Å². The summed E-state index contributed by atoms with van der Waals surface area (Å²) < 4.78 is 5.24. The Balaban J connectivity index is 2.29. The average molecular weight is 257 g/mol. The van der Waals surface area contributed by atoms with E-state index in [0.717, 1.165) is 26.1 Å². The standard InChI is InChI=1S/C13H23NO4/c1-9(2)7-11(13(16)17)14-12(15)4-3-10-5-6-18-8-10/h9-11H,3-8H2,1-2H3,(H,14,15)(H,16,17)/t10?,11-/m1/s1. The van der Waals surface area contributed by atoms with Gasteiger partial charge in [0.2, 0.25) is 5.91 Å². The highest BCUT2D eigenvalue weighted by Gasteiger charge is 2.22. The van der Waals surface area contributed by atoms with Crippen LogP contribution in [0.5, 0.6) is 0 Å². The minimum Gasteiger partial charge on any atom is -0.480 e. The molecule has 1 unspecified atom stereocenters. The van der Waals surface area contributed by atoms with Crippen LogP contribution in [-0.2, 0) is 14.3 Å². The molecule has 18 heavy (non-hydrogen) atoms. The van der Waals surface area contributed by atoms with Gasteiger partial charge in [-0.2, -0.15) is 0 Å². The Morgan fingerprint density at radius 2 is 2.17 bits per heavy atom. The molecule has 2 atom stereocenters. The number of amides is 1. The lowest BCUT2D eigenvalue weighted by Crippen LogP contribution is -2.41. The van der Waals surface area contributed by atoms with Gasteiger partial charge < -0.3 is 15.2 Å². The molecule has 0 aromatic carbocycles. The van der Waals surface area contributed by atoms with Gasteiger partial charge in [0.25, 0.3) is 0 Å². The smallest absolute Gasteiger partial charge is 0.326 e. The van der Waals surface area contributed by atoms with Crippen LogP contribution >= 0.6 is 0 Å². The van der Waals surface area contributed by atoms with E-state index in [1.54, 1.807) is 0 Å². The Labute approximate surface area is 108 Å². The Bertz CT molecular complexity index is 285. The summed E-state index contributed by atoms with van der Waals surface area (Å²) in [5.74, 6) is -0.435. The molecule has 5 nitrogen and oxygen atoms in total. The Morgan fingerprint density at radius 1 is 1.44 bits per heavy atom. The van der Waals surface area contributed by atoms with Gasteiger partial charge >= 0.3 is 5.97 Å². The minimum atomic E-state index is -0.957. The van der Waals surface area contributed by atoms with E-state index in [9.17, 15) is 9.59 Å². The van der Waals surface area contributed by atoms with Gasteiger partial charge in [-0.25, -0.2) is 4.79 Å². The first-order valence-electron chi connectivity index (χ1n) is 6.59. The van der Waals surface area contributed by atoms with E-state index in [0.29, 0.717) is 18.8 Å². The summed E-state index contributed by atoms with van der Waals surface area (Å²) in [5, 5.41) is 11.6. The quantitative estimate of drug-likeness (QED) is 0.723. The van der Waals surface area contributed by atoms with E-state index >= 15 is 0 Å². The number of carboxylic acid groups (broad SMARTS) is 1. The number of carbonyl (C=O) groups excluding carboxylic acids is 1. The van der Waals surface area contributed by atoms with Crippen LogP contribution in [-0.4, -0.2) is 36.2 Å². The topological polar surface area (TPSA) is 75.6 Å². The highest BCUT2D eigenvalue weighted by molar-refractivity contribution is 5.83.